The number of nitrogens with zero attached hydrogens (tertiary/aromatic N) is 3. The van der Waals surface area contributed by atoms with E-state index >= 15 is 0 Å². The zero-order chi connectivity index (χ0) is 15.6. The van der Waals surface area contributed by atoms with Gasteiger partial charge in [-0.25, -0.2) is 9.98 Å². The van der Waals surface area contributed by atoms with E-state index in [4.69, 9.17) is 0 Å². The number of rotatable bonds is 3. The van der Waals surface area contributed by atoms with Crippen molar-refractivity contribution in [1.29, 1.82) is 0 Å². The van der Waals surface area contributed by atoms with Gasteiger partial charge in [-0.15, -0.1) is 0 Å². The summed E-state index contributed by atoms with van der Waals surface area (Å²) in [5.74, 6) is 0.752. The molecule has 0 aliphatic rings. The number of hydrogen-bond acceptors (Lipinski definition) is 2. The number of aliphatic imine (C=N–C) groups is 1. The van der Waals surface area contributed by atoms with E-state index < -0.39 is 0 Å². The van der Waals surface area contributed by atoms with Gasteiger partial charge in [0, 0.05) is 18.3 Å². The Hall–Kier alpha value is -2.94. The van der Waals surface area contributed by atoms with Crippen LogP contribution in [0.3, 0.4) is 0 Å². The number of para-hydroxylation sites is 2. The van der Waals surface area contributed by atoms with Crippen molar-refractivity contribution in [1.82, 2.24) is 9.55 Å². The molecule has 4 aromatic rings. The summed E-state index contributed by atoms with van der Waals surface area (Å²) in [7, 11) is 0. The molecule has 0 unspecified atom stereocenters. The molecular weight excluding hydrogens is 282 g/mol. The van der Waals surface area contributed by atoms with Gasteiger partial charge >= 0.3 is 0 Å². The standard InChI is InChI=1S/C20H17N3/c1-2-23-19-13-6-5-12-18(19)22-20(23)21-14-16-10-7-9-15-8-3-4-11-17(15)16/h3-14H,2H2,1H3/b21-14+. The Balaban J connectivity index is 1.82. The van der Waals surface area contributed by atoms with Crippen LogP contribution >= 0.6 is 0 Å². The first-order chi connectivity index (χ1) is 11.4. The Morgan fingerprint density at radius 1 is 0.957 bits per heavy atom. The average Bonchev–Trinajstić information content (AvgIpc) is 2.97. The summed E-state index contributed by atoms with van der Waals surface area (Å²) < 4.78 is 2.14. The molecule has 3 aromatic carbocycles. The van der Waals surface area contributed by atoms with E-state index in [2.05, 4.69) is 70.0 Å². The molecule has 1 aromatic heterocycles. The molecule has 112 valence electrons. The van der Waals surface area contributed by atoms with E-state index in [1.54, 1.807) is 0 Å². The third-order valence-corrected chi connectivity index (χ3v) is 4.09. The second-order valence-electron chi connectivity index (χ2n) is 5.47. The van der Waals surface area contributed by atoms with Crippen molar-refractivity contribution in [3.8, 4) is 0 Å². The van der Waals surface area contributed by atoms with Gasteiger partial charge in [-0.3, -0.25) is 0 Å². The van der Waals surface area contributed by atoms with Crippen LogP contribution in [0.15, 0.2) is 71.7 Å². The molecule has 23 heavy (non-hydrogen) atoms. The fourth-order valence-electron chi connectivity index (χ4n) is 2.96. The van der Waals surface area contributed by atoms with E-state index in [0.717, 1.165) is 29.1 Å². The number of benzene rings is 3. The number of fused-ring (bicyclic) bond motifs is 2. The van der Waals surface area contributed by atoms with E-state index in [-0.39, 0.29) is 0 Å². The van der Waals surface area contributed by atoms with Crippen molar-refractivity contribution in [2.24, 2.45) is 4.99 Å². The van der Waals surface area contributed by atoms with Gasteiger partial charge in [-0.05, 0) is 29.8 Å². The van der Waals surface area contributed by atoms with Crippen molar-refractivity contribution in [3.63, 3.8) is 0 Å². The summed E-state index contributed by atoms with van der Waals surface area (Å²) >= 11 is 0. The van der Waals surface area contributed by atoms with Gasteiger partial charge in [-0.2, -0.15) is 0 Å². The normalized spacial score (nSPS) is 11.7. The Bertz CT molecular complexity index is 1010. The number of aromatic nitrogens is 2. The number of imidazole rings is 1. The third-order valence-electron chi connectivity index (χ3n) is 4.09. The van der Waals surface area contributed by atoms with Crippen LogP contribution in [0.5, 0.6) is 0 Å². The van der Waals surface area contributed by atoms with Crippen LogP contribution in [0, 0.1) is 0 Å². The third kappa shape index (κ3) is 2.40. The second-order valence-corrected chi connectivity index (χ2v) is 5.47. The topological polar surface area (TPSA) is 30.2 Å². The highest BCUT2D eigenvalue weighted by Gasteiger charge is 2.07. The Labute approximate surface area is 134 Å². The van der Waals surface area contributed by atoms with Gasteiger partial charge in [0.15, 0.2) is 0 Å². The predicted octanol–water partition coefficient (Wildman–Crippen LogP) is 4.96. The molecule has 0 saturated carbocycles. The molecule has 3 nitrogen and oxygen atoms in total. The molecule has 3 heteroatoms. The molecule has 0 atom stereocenters. The minimum absolute atomic E-state index is 0.752. The van der Waals surface area contributed by atoms with Crippen molar-refractivity contribution < 1.29 is 0 Å². The van der Waals surface area contributed by atoms with E-state index in [0.29, 0.717) is 0 Å². The van der Waals surface area contributed by atoms with Gasteiger partial charge in [0.05, 0.1) is 11.0 Å². The highest BCUT2D eigenvalue weighted by atomic mass is 15.2. The molecule has 0 aliphatic carbocycles. The summed E-state index contributed by atoms with van der Waals surface area (Å²) in [6, 6.07) is 22.8. The van der Waals surface area contributed by atoms with Crippen LogP contribution in [0.4, 0.5) is 5.95 Å². The lowest BCUT2D eigenvalue weighted by atomic mass is 10.1. The molecular formula is C20H17N3. The van der Waals surface area contributed by atoms with Crippen LogP contribution in [0.1, 0.15) is 12.5 Å². The Kier molecular flexibility index (Phi) is 3.39. The largest absolute Gasteiger partial charge is 0.309 e. The van der Waals surface area contributed by atoms with Crippen molar-refractivity contribution >= 4 is 34.0 Å². The lowest BCUT2D eigenvalue weighted by Gasteiger charge is -2.03. The van der Waals surface area contributed by atoms with Gasteiger partial charge < -0.3 is 4.57 Å². The van der Waals surface area contributed by atoms with Crippen LogP contribution in [0.25, 0.3) is 21.8 Å². The molecule has 0 N–H and O–H groups in total. The predicted molar refractivity (Wildman–Crippen MR) is 96.6 cm³/mol. The molecule has 0 radical (unpaired) electrons. The van der Waals surface area contributed by atoms with E-state index in [9.17, 15) is 0 Å². The van der Waals surface area contributed by atoms with E-state index in [1.165, 1.54) is 10.8 Å². The Morgan fingerprint density at radius 2 is 1.74 bits per heavy atom. The minimum atomic E-state index is 0.752. The molecule has 0 amide bonds. The zero-order valence-electron chi connectivity index (χ0n) is 13.0. The quantitative estimate of drug-likeness (QED) is 0.492. The lowest BCUT2D eigenvalue weighted by molar-refractivity contribution is 0.790. The van der Waals surface area contributed by atoms with Gasteiger partial charge in [0.1, 0.15) is 0 Å². The summed E-state index contributed by atoms with van der Waals surface area (Å²) in [4.78, 5) is 9.31. The average molecular weight is 299 g/mol. The van der Waals surface area contributed by atoms with Gasteiger partial charge in [-0.1, -0.05) is 54.6 Å². The van der Waals surface area contributed by atoms with Crippen molar-refractivity contribution in [3.05, 3.63) is 72.3 Å². The minimum Gasteiger partial charge on any atom is -0.309 e. The summed E-state index contributed by atoms with van der Waals surface area (Å²) in [5.41, 5.74) is 3.22. The van der Waals surface area contributed by atoms with Crippen molar-refractivity contribution in [2.45, 2.75) is 13.5 Å². The molecule has 4 rings (SSSR count). The maximum absolute atomic E-state index is 4.66. The van der Waals surface area contributed by atoms with Gasteiger partial charge in [0.25, 0.3) is 0 Å². The lowest BCUT2D eigenvalue weighted by Crippen LogP contribution is -1.93. The highest BCUT2D eigenvalue weighted by Crippen LogP contribution is 2.22. The summed E-state index contributed by atoms with van der Waals surface area (Å²) in [6.07, 6.45) is 1.91. The molecule has 0 aliphatic heterocycles. The van der Waals surface area contributed by atoms with Crippen LogP contribution in [0.2, 0.25) is 0 Å². The summed E-state index contributed by atoms with van der Waals surface area (Å²) in [5, 5.41) is 2.43. The first-order valence-corrected chi connectivity index (χ1v) is 7.84. The monoisotopic (exact) mass is 299 g/mol. The second kappa shape index (κ2) is 5.69. The number of aryl methyl sites for hydroxylation is 1. The SMILES string of the molecule is CCn1c(/N=C/c2cccc3ccccc23)nc2ccccc21. The fraction of sp³-hybridized carbons (Fsp3) is 0.100. The van der Waals surface area contributed by atoms with E-state index in [1.807, 2.05) is 24.4 Å². The zero-order valence-corrected chi connectivity index (χ0v) is 13.0. The first-order valence-electron chi connectivity index (χ1n) is 7.84. The van der Waals surface area contributed by atoms with Crippen LogP contribution in [-0.4, -0.2) is 15.8 Å². The highest BCUT2D eigenvalue weighted by molar-refractivity contribution is 6.00. The maximum Gasteiger partial charge on any atom is 0.230 e. The summed E-state index contributed by atoms with van der Waals surface area (Å²) in [6.45, 7) is 2.97. The Morgan fingerprint density at radius 3 is 2.65 bits per heavy atom. The molecule has 0 fully saturated rings. The molecule has 1 heterocycles. The van der Waals surface area contributed by atoms with Crippen molar-refractivity contribution in [2.75, 3.05) is 0 Å². The van der Waals surface area contributed by atoms with Crippen LogP contribution < -0.4 is 0 Å². The fourth-order valence-corrected chi connectivity index (χ4v) is 2.96. The molecule has 0 saturated heterocycles. The maximum atomic E-state index is 4.66. The van der Waals surface area contributed by atoms with Crippen LogP contribution in [-0.2, 0) is 6.54 Å². The van der Waals surface area contributed by atoms with Gasteiger partial charge in [0.2, 0.25) is 5.95 Å². The molecule has 0 spiro atoms. The molecule has 0 bridgehead atoms. The smallest absolute Gasteiger partial charge is 0.230 e. The number of hydrogen-bond donors (Lipinski definition) is 0. The first kappa shape index (κ1) is 13.7.